The Hall–Kier alpha value is -1.05. The van der Waals surface area contributed by atoms with E-state index in [9.17, 15) is 0 Å². The molecule has 0 saturated heterocycles. The van der Waals surface area contributed by atoms with E-state index >= 15 is 0 Å². The molecule has 1 aliphatic heterocycles. The van der Waals surface area contributed by atoms with Gasteiger partial charge in [0.1, 0.15) is 5.82 Å². The molecule has 2 heteroatoms. The van der Waals surface area contributed by atoms with Gasteiger partial charge in [-0.05, 0) is 30.4 Å². The van der Waals surface area contributed by atoms with E-state index < -0.39 is 0 Å². The summed E-state index contributed by atoms with van der Waals surface area (Å²) in [6.45, 7) is 8.51. The summed E-state index contributed by atoms with van der Waals surface area (Å²) >= 11 is 0. The van der Waals surface area contributed by atoms with Gasteiger partial charge in [0.2, 0.25) is 0 Å². The summed E-state index contributed by atoms with van der Waals surface area (Å²) in [4.78, 5) is 4.34. The summed E-state index contributed by atoms with van der Waals surface area (Å²) in [5.41, 5.74) is 1.36. The maximum Gasteiger partial charge on any atom is 0.129 e. The second-order valence-corrected chi connectivity index (χ2v) is 4.04. The molecular formula is C13H22N2. The van der Waals surface area contributed by atoms with Crippen LogP contribution >= 0.6 is 0 Å². The van der Waals surface area contributed by atoms with Gasteiger partial charge in [-0.1, -0.05) is 33.8 Å². The van der Waals surface area contributed by atoms with E-state index in [1.54, 1.807) is 0 Å². The van der Waals surface area contributed by atoms with Crippen molar-refractivity contribution in [2.45, 2.75) is 46.6 Å². The second-order valence-electron chi connectivity index (χ2n) is 4.04. The molecule has 0 saturated carbocycles. The zero-order valence-corrected chi connectivity index (χ0v) is 10.2. The average Bonchev–Trinajstić information content (AvgIpc) is 2.31. The predicted molar refractivity (Wildman–Crippen MR) is 66.2 cm³/mol. The molecule has 1 atom stereocenters. The molecule has 0 fully saturated rings. The van der Waals surface area contributed by atoms with Crippen LogP contribution in [-0.2, 0) is 6.42 Å². The van der Waals surface area contributed by atoms with Gasteiger partial charge < -0.3 is 5.32 Å². The number of nitrogens with one attached hydrogen (secondary N) is 1. The Kier molecular flexibility index (Phi) is 4.60. The van der Waals surface area contributed by atoms with E-state index in [1.165, 1.54) is 18.4 Å². The van der Waals surface area contributed by atoms with Crippen molar-refractivity contribution in [1.29, 1.82) is 0 Å². The molecule has 0 spiro atoms. The van der Waals surface area contributed by atoms with E-state index in [1.807, 2.05) is 26.1 Å². The quantitative estimate of drug-likeness (QED) is 0.760. The first-order valence-corrected chi connectivity index (χ1v) is 5.98. The highest BCUT2D eigenvalue weighted by molar-refractivity contribution is 5.46. The van der Waals surface area contributed by atoms with Crippen molar-refractivity contribution in [3.05, 3.63) is 23.9 Å². The lowest BCUT2D eigenvalue weighted by Gasteiger charge is -2.28. The highest BCUT2D eigenvalue weighted by Crippen LogP contribution is 2.24. The Bertz CT molecular complexity index is 294. The van der Waals surface area contributed by atoms with E-state index in [0.29, 0.717) is 12.0 Å². The third kappa shape index (κ3) is 2.95. The number of rotatable bonds is 1. The minimum absolute atomic E-state index is 0.599. The first-order valence-electron chi connectivity index (χ1n) is 5.98. The SMILES string of the molecule is CC.CC(C)C1CCc2cccnc2N1. The summed E-state index contributed by atoms with van der Waals surface area (Å²) < 4.78 is 0. The number of pyridine rings is 1. The minimum atomic E-state index is 0.599. The zero-order valence-electron chi connectivity index (χ0n) is 10.2. The van der Waals surface area contributed by atoms with E-state index in [-0.39, 0.29) is 0 Å². The van der Waals surface area contributed by atoms with E-state index in [0.717, 1.165) is 5.82 Å². The van der Waals surface area contributed by atoms with Gasteiger partial charge in [-0.2, -0.15) is 0 Å². The molecular weight excluding hydrogens is 184 g/mol. The van der Waals surface area contributed by atoms with Gasteiger partial charge in [-0.3, -0.25) is 0 Å². The van der Waals surface area contributed by atoms with Crippen LogP contribution in [0.3, 0.4) is 0 Å². The van der Waals surface area contributed by atoms with Gasteiger partial charge in [-0.15, -0.1) is 0 Å². The first kappa shape index (κ1) is 12.0. The molecule has 1 N–H and O–H groups in total. The lowest BCUT2D eigenvalue weighted by molar-refractivity contribution is 0.480. The molecule has 2 rings (SSSR count). The molecule has 0 bridgehead atoms. The zero-order chi connectivity index (χ0) is 11.3. The Morgan fingerprint density at radius 3 is 2.80 bits per heavy atom. The summed E-state index contributed by atoms with van der Waals surface area (Å²) in [6.07, 6.45) is 4.25. The lowest BCUT2D eigenvalue weighted by Crippen LogP contribution is -2.30. The van der Waals surface area contributed by atoms with Crippen LogP contribution in [0.5, 0.6) is 0 Å². The number of aromatic nitrogens is 1. The van der Waals surface area contributed by atoms with Crippen molar-refractivity contribution >= 4 is 5.82 Å². The molecule has 1 unspecified atom stereocenters. The van der Waals surface area contributed by atoms with Crippen LogP contribution in [0.1, 0.15) is 39.7 Å². The molecule has 15 heavy (non-hydrogen) atoms. The summed E-state index contributed by atoms with van der Waals surface area (Å²) in [7, 11) is 0. The van der Waals surface area contributed by atoms with Gasteiger partial charge in [0.15, 0.2) is 0 Å². The largest absolute Gasteiger partial charge is 0.367 e. The standard InChI is InChI=1S/C11H16N2.C2H6/c1-8(2)10-6-5-9-4-3-7-12-11(9)13-10;1-2/h3-4,7-8,10H,5-6H2,1-2H3,(H,12,13);1-2H3. The van der Waals surface area contributed by atoms with E-state index in [4.69, 9.17) is 0 Å². The molecule has 1 aliphatic rings. The predicted octanol–water partition coefficient (Wildman–Crippen LogP) is 3.49. The topological polar surface area (TPSA) is 24.9 Å². The van der Waals surface area contributed by atoms with Crippen LogP contribution in [0, 0.1) is 5.92 Å². The van der Waals surface area contributed by atoms with Crippen LogP contribution in [0.25, 0.3) is 0 Å². The minimum Gasteiger partial charge on any atom is -0.367 e. The average molecular weight is 206 g/mol. The molecule has 1 aromatic rings. The Morgan fingerprint density at radius 1 is 1.40 bits per heavy atom. The maximum atomic E-state index is 4.34. The number of aryl methyl sites for hydroxylation is 1. The van der Waals surface area contributed by atoms with Crippen LogP contribution in [0.2, 0.25) is 0 Å². The monoisotopic (exact) mass is 206 g/mol. The molecule has 2 nitrogen and oxygen atoms in total. The maximum absolute atomic E-state index is 4.34. The van der Waals surface area contributed by atoms with Gasteiger partial charge >= 0.3 is 0 Å². The van der Waals surface area contributed by atoms with Crippen LogP contribution in [-0.4, -0.2) is 11.0 Å². The van der Waals surface area contributed by atoms with Crippen molar-refractivity contribution in [2.24, 2.45) is 5.92 Å². The van der Waals surface area contributed by atoms with Gasteiger partial charge in [0.05, 0.1) is 0 Å². The molecule has 0 amide bonds. The second kappa shape index (κ2) is 5.74. The number of anilines is 1. The van der Waals surface area contributed by atoms with Gasteiger partial charge in [-0.25, -0.2) is 4.98 Å². The van der Waals surface area contributed by atoms with Crippen molar-refractivity contribution in [3.63, 3.8) is 0 Å². The van der Waals surface area contributed by atoms with Crippen LogP contribution < -0.4 is 5.32 Å². The Morgan fingerprint density at radius 2 is 2.13 bits per heavy atom. The molecule has 0 aromatic carbocycles. The van der Waals surface area contributed by atoms with E-state index in [2.05, 4.69) is 30.2 Å². The van der Waals surface area contributed by atoms with Gasteiger partial charge in [0.25, 0.3) is 0 Å². The fraction of sp³-hybridized carbons (Fsp3) is 0.615. The fourth-order valence-electron chi connectivity index (χ4n) is 1.83. The number of fused-ring (bicyclic) bond motifs is 1. The summed E-state index contributed by atoms with van der Waals surface area (Å²) in [5, 5.41) is 3.49. The highest BCUT2D eigenvalue weighted by Gasteiger charge is 2.20. The Balaban J connectivity index is 0.000000531. The van der Waals surface area contributed by atoms with Crippen molar-refractivity contribution < 1.29 is 0 Å². The highest BCUT2D eigenvalue weighted by atomic mass is 15.0. The molecule has 0 radical (unpaired) electrons. The van der Waals surface area contributed by atoms with Crippen LogP contribution in [0.15, 0.2) is 18.3 Å². The number of hydrogen-bond donors (Lipinski definition) is 1. The third-order valence-electron chi connectivity index (χ3n) is 2.74. The molecule has 84 valence electrons. The summed E-state index contributed by atoms with van der Waals surface area (Å²) in [6, 6.07) is 4.77. The normalized spacial score (nSPS) is 18.6. The molecule has 0 aliphatic carbocycles. The molecule has 1 aromatic heterocycles. The van der Waals surface area contributed by atoms with Crippen molar-refractivity contribution in [3.8, 4) is 0 Å². The van der Waals surface area contributed by atoms with Gasteiger partial charge in [0, 0.05) is 12.2 Å². The third-order valence-corrected chi connectivity index (χ3v) is 2.74. The first-order chi connectivity index (χ1) is 7.27. The number of hydrogen-bond acceptors (Lipinski definition) is 2. The molecule has 2 heterocycles. The Labute approximate surface area is 93.1 Å². The number of nitrogens with zero attached hydrogens (tertiary/aromatic N) is 1. The fourth-order valence-corrected chi connectivity index (χ4v) is 1.83. The lowest BCUT2D eigenvalue weighted by atomic mass is 9.93. The summed E-state index contributed by atoms with van der Waals surface area (Å²) in [5.74, 6) is 1.78. The van der Waals surface area contributed by atoms with Crippen LogP contribution in [0.4, 0.5) is 5.82 Å². The smallest absolute Gasteiger partial charge is 0.129 e. The van der Waals surface area contributed by atoms with Crippen molar-refractivity contribution in [2.75, 3.05) is 5.32 Å². The van der Waals surface area contributed by atoms with Crippen molar-refractivity contribution in [1.82, 2.24) is 4.98 Å².